The molecule has 0 saturated carbocycles. The molecule has 0 fully saturated rings. The number of aliphatic hydroxyl groups is 1. The highest BCUT2D eigenvalue weighted by Crippen LogP contribution is 1.98. The number of hydrogen-bond donors (Lipinski definition) is 10. The van der Waals surface area contributed by atoms with Gasteiger partial charge in [-0.25, -0.2) is 0 Å². The zero-order valence-electron chi connectivity index (χ0n) is 50.9. The minimum absolute atomic E-state index is 0. The van der Waals surface area contributed by atoms with Gasteiger partial charge in [0.05, 0.1) is 0 Å². The van der Waals surface area contributed by atoms with Gasteiger partial charge in [0.25, 0.3) is 0 Å². The van der Waals surface area contributed by atoms with Crippen molar-refractivity contribution in [3.05, 3.63) is 83.9 Å². The second-order valence-corrected chi connectivity index (χ2v) is 9.58. The Bertz CT molecular complexity index is 719. The Balaban J connectivity index is -0.0000000139. The molecule has 2 rings (SSSR count). The molecule has 2 aromatic rings. The number of carbonyl (C=O) groups excluding carboxylic acids is 9. The Kier molecular flexibility index (Phi) is 858. The molecule has 19 heteroatoms. The van der Waals surface area contributed by atoms with E-state index in [4.69, 9.17) is 48.3 Å². The summed E-state index contributed by atoms with van der Waals surface area (Å²) in [5, 5.41) is 8.06. The van der Waals surface area contributed by atoms with Gasteiger partial charge in [0.15, 0.2) is 0 Å². The summed E-state index contributed by atoms with van der Waals surface area (Å²) in [6, 6.07) is 20.9. The highest BCUT2D eigenvalue weighted by molar-refractivity contribution is 5.15. The SMILES string of the molecule is C=C(C)C.C=O.C=O.C=O.C=O.C=O.C=O.C=O.C=O.C=O.CC.CC.CC.CC(C)O.CCC(C)C.CCC(C)C.CCc1ccccc1.CCc1ccccc1.CN.CN.CN.CN.N.N.N.N.N. The van der Waals surface area contributed by atoms with Gasteiger partial charge in [-0.15, -0.1) is 6.58 Å². The van der Waals surface area contributed by atoms with Gasteiger partial charge >= 0.3 is 0 Å². The number of benzene rings is 2. The lowest BCUT2D eigenvalue weighted by molar-refractivity contribution is -0.0987. The zero-order valence-corrected chi connectivity index (χ0v) is 50.9. The molecule has 0 radical (unpaired) electrons. The van der Waals surface area contributed by atoms with E-state index < -0.39 is 0 Å². The molecule has 2 aromatic carbocycles. The third-order valence-electron chi connectivity index (χ3n) is 4.14. The van der Waals surface area contributed by atoms with Crippen LogP contribution in [0.25, 0.3) is 0 Å². The molecule has 0 spiro atoms. The normalized spacial score (nSPS) is 5.38. The molecule has 19 nitrogen and oxygen atoms in total. The van der Waals surface area contributed by atoms with Crippen LogP contribution in [-0.2, 0) is 56.0 Å². The summed E-state index contributed by atoms with van der Waals surface area (Å²) < 4.78 is 0. The molecule has 0 unspecified atom stereocenters. The molecule has 71 heavy (non-hydrogen) atoms. The summed E-state index contributed by atoms with van der Waals surface area (Å²) in [5.74, 6) is 1.77. The maximum absolute atomic E-state index is 8.06. The van der Waals surface area contributed by atoms with Gasteiger partial charge in [-0.1, -0.05) is 176 Å². The number of rotatable bonds is 4. The monoisotopic (exact) mass is 1040 g/mol. The number of aliphatic hydroxyl groups excluding tert-OH is 1. The number of allylic oxidation sites excluding steroid dienone is 1. The first kappa shape index (κ1) is 166. The molecule has 444 valence electrons. The lowest BCUT2D eigenvalue weighted by Gasteiger charge is -1.90. The Morgan fingerprint density at radius 2 is 0.465 bits per heavy atom. The highest BCUT2D eigenvalue weighted by Gasteiger charge is 1.81. The second-order valence-electron chi connectivity index (χ2n) is 9.58. The summed E-state index contributed by atoms with van der Waals surface area (Å²) in [6.07, 6.45) is 4.72. The number of nitrogens with two attached hydrogens (primary N) is 4. The van der Waals surface area contributed by atoms with Crippen molar-refractivity contribution >= 4 is 61.1 Å². The maximum atomic E-state index is 8.06. The van der Waals surface area contributed by atoms with Gasteiger partial charge in [0.1, 0.15) is 61.1 Å². The van der Waals surface area contributed by atoms with Crippen LogP contribution in [0.2, 0.25) is 0 Å². The van der Waals surface area contributed by atoms with Crippen molar-refractivity contribution in [2.75, 3.05) is 28.2 Å². The molecule has 0 aromatic heterocycles. The van der Waals surface area contributed by atoms with Crippen LogP contribution in [0.4, 0.5) is 0 Å². The van der Waals surface area contributed by atoms with Crippen LogP contribution in [0.3, 0.4) is 0 Å². The minimum Gasteiger partial charge on any atom is -0.394 e. The van der Waals surface area contributed by atoms with Crippen LogP contribution in [0.1, 0.15) is 149 Å². The van der Waals surface area contributed by atoms with Crippen molar-refractivity contribution in [2.45, 2.75) is 156 Å². The molecule has 0 heterocycles. The molecule has 24 N–H and O–H groups in total. The predicted molar refractivity (Wildman–Crippen MR) is 323 cm³/mol. The Labute approximate surface area is 442 Å². The first-order valence-corrected chi connectivity index (χ1v) is 21.2. The van der Waals surface area contributed by atoms with Crippen molar-refractivity contribution in [1.29, 1.82) is 0 Å². The fraction of sp³-hybridized carbons (Fsp3) is 0.558. The fourth-order valence-corrected chi connectivity index (χ4v) is 1.43. The molecule has 0 atom stereocenters. The largest absolute Gasteiger partial charge is 0.394 e. The van der Waals surface area contributed by atoms with E-state index in [0.29, 0.717) is 0 Å². The Morgan fingerprint density at radius 3 is 0.507 bits per heavy atom. The van der Waals surface area contributed by atoms with Crippen LogP contribution in [-0.4, -0.2) is 101 Å². The van der Waals surface area contributed by atoms with E-state index in [0.717, 1.165) is 24.7 Å². The van der Waals surface area contributed by atoms with Crippen LogP contribution in [0.5, 0.6) is 0 Å². The van der Waals surface area contributed by atoms with Crippen LogP contribution < -0.4 is 53.7 Å². The van der Waals surface area contributed by atoms with Crippen molar-refractivity contribution in [2.24, 2.45) is 34.8 Å². The van der Waals surface area contributed by atoms with Crippen molar-refractivity contribution in [3.8, 4) is 0 Å². The first-order chi connectivity index (χ1) is 31.9. The third-order valence-corrected chi connectivity index (χ3v) is 4.14. The quantitative estimate of drug-likeness (QED) is 0.127. The maximum Gasteiger partial charge on any atom is 0.106 e. The number of carbonyl (C=O) groups is 9. The molecular weight excluding hydrogens is 911 g/mol. The highest BCUT2D eigenvalue weighted by atomic mass is 16.3. The summed E-state index contributed by atoms with van der Waals surface area (Å²) >= 11 is 0. The summed E-state index contributed by atoms with van der Waals surface area (Å²) in [5.41, 5.74) is 22.0. The van der Waals surface area contributed by atoms with Crippen molar-refractivity contribution < 1.29 is 48.3 Å². The summed E-state index contributed by atoms with van der Waals surface area (Å²) in [4.78, 5) is 72.0. The lowest BCUT2D eigenvalue weighted by Crippen LogP contribution is -1.85. The van der Waals surface area contributed by atoms with E-state index in [1.54, 1.807) is 13.8 Å². The standard InChI is InChI=1S/2C8H10.2C5H12.C4H8.C3H8O.3C2H6.4CH5N.9CH2O.5H3N/c2*1-2-8-6-4-3-5-7-8;2*1-4-5(2)3;1-4(2)3;1-3(2)4;16*1-2;;;;;/h2*3-7H,2H2,1H3;2*5H,4H2,1-3H3;1H2,2-3H3;3-4H,1-2H3;3*1-2H3;4*2H2,1H3;9*1H2;5*1H3. The Morgan fingerprint density at radius 1 is 0.380 bits per heavy atom. The van der Waals surface area contributed by atoms with Gasteiger partial charge in [0.2, 0.25) is 0 Å². The average molecular weight is 1040 g/mol. The topological polar surface area (TPSA) is 453 Å². The van der Waals surface area contributed by atoms with E-state index in [1.807, 2.05) is 129 Å². The van der Waals surface area contributed by atoms with Gasteiger partial charge in [-0.05, 0) is 91.7 Å². The smallest absolute Gasteiger partial charge is 0.106 e. The molecule has 0 aliphatic rings. The number of hydrogen-bond acceptors (Lipinski definition) is 19. The minimum atomic E-state index is -0.167. The predicted octanol–water partition coefficient (Wildman–Crippen LogP) is 11.1. The van der Waals surface area contributed by atoms with Crippen LogP contribution >= 0.6 is 0 Å². The molecule has 0 aliphatic carbocycles. The first-order valence-electron chi connectivity index (χ1n) is 21.2. The van der Waals surface area contributed by atoms with Crippen LogP contribution in [0.15, 0.2) is 72.8 Å². The van der Waals surface area contributed by atoms with E-state index in [2.05, 4.69) is 133 Å². The zero-order chi connectivity index (χ0) is 59.4. The fourth-order valence-electron chi connectivity index (χ4n) is 1.43. The molecular formula is C52H131N9O10. The molecule has 0 amide bonds. The summed E-state index contributed by atoms with van der Waals surface area (Å²) in [6.45, 7) is 58.6. The molecule has 0 saturated heterocycles. The van der Waals surface area contributed by atoms with Crippen molar-refractivity contribution in [3.63, 3.8) is 0 Å². The van der Waals surface area contributed by atoms with Gasteiger partial charge in [-0.3, -0.25) is 0 Å². The van der Waals surface area contributed by atoms with E-state index in [9.17, 15) is 0 Å². The van der Waals surface area contributed by atoms with Crippen LogP contribution in [0, 0.1) is 11.8 Å². The average Bonchev–Trinajstić information content (AvgIpc) is 3.44. The van der Waals surface area contributed by atoms with E-state index in [-0.39, 0.29) is 36.9 Å². The second kappa shape index (κ2) is 367. The van der Waals surface area contributed by atoms with Crippen molar-refractivity contribution in [1.82, 2.24) is 30.8 Å². The lowest BCUT2D eigenvalue weighted by atomic mass is 10.2. The van der Waals surface area contributed by atoms with Gasteiger partial charge in [-0.2, -0.15) is 0 Å². The van der Waals surface area contributed by atoms with E-state index >= 15 is 0 Å². The third kappa shape index (κ3) is 723. The molecule has 0 bridgehead atoms. The van der Waals surface area contributed by atoms with E-state index in [1.165, 1.54) is 57.7 Å². The number of aryl methyl sites for hydroxylation is 2. The summed E-state index contributed by atoms with van der Waals surface area (Å²) in [7, 11) is 6.00. The van der Waals surface area contributed by atoms with Gasteiger partial charge < -0.3 is 102 Å². The Hall–Kier alpha value is -5.19. The molecule has 0 aliphatic heterocycles. The van der Waals surface area contributed by atoms with Gasteiger partial charge in [0, 0.05) is 6.10 Å².